The molecule has 0 aliphatic carbocycles. The van der Waals surface area contributed by atoms with Gasteiger partial charge in [-0.05, 0) is 69.6 Å². The van der Waals surface area contributed by atoms with Crippen LogP contribution in [0.2, 0.25) is 0 Å². The van der Waals surface area contributed by atoms with E-state index in [-0.39, 0.29) is 11.3 Å². The predicted molar refractivity (Wildman–Crippen MR) is 147 cm³/mol. The van der Waals surface area contributed by atoms with E-state index >= 15 is 0 Å². The van der Waals surface area contributed by atoms with Crippen molar-refractivity contribution in [3.63, 3.8) is 0 Å². The van der Waals surface area contributed by atoms with Gasteiger partial charge in [-0.25, -0.2) is 5.43 Å². The number of nitrogens with one attached hydrogen (secondary N) is 1. The number of ether oxygens (including phenoxy) is 2. The second kappa shape index (κ2) is 11.6. The Labute approximate surface area is 221 Å². The summed E-state index contributed by atoms with van der Waals surface area (Å²) in [5, 5.41) is 17.4. The zero-order valence-corrected chi connectivity index (χ0v) is 21.5. The maximum absolute atomic E-state index is 12.4. The number of carbonyl (C=O) groups is 1. The Morgan fingerprint density at radius 2 is 1.81 bits per heavy atom. The molecular weight excluding hydrogens is 573 g/mol. The van der Waals surface area contributed by atoms with Crippen LogP contribution >= 0.6 is 22.6 Å². The van der Waals surface area contributed by atoms with E-state index in [4.69, 9.17) is 9.47 Å². The molecule has 182 valence electrons. The normalized spacial score (nSPS) is 10.9. The summed E-state index contributed by atoms with van der Waals surface area (Å²) in [5.41, 5.74) is 3.72. The number of amides is 1. The third kappa shape index (κ3) is 5.80. The van der Waals surface area contributed by atoms with Gasteiger partial charge in [-0.15, -0.1) is 0 Å². The molecule has 0 unspecified atom stereocenters. The van der Waals surface area contributed by atoms with Crippen molar-refractivity contribution >= 4 is 51.2 Å². The van der Waals surface area contributed by atoms with Crippen LogP contribution in [-0.4, -0.2) is 23.7 Å². The summed E-state index contributed by atoms with van der Waals surface area (Å²) in [4.78, 5) is 22.9. The highest BCUT2D eigenvalue weighted by Gasteiger charge is 2.18. The second-order valence-electron chi connectivity index (χ2n) is 7.66. The number of carbonyl (C=O) groups excluding carboxylic acids is 1. The smallest absolute Gasteiger partial charge is 0.282 e. The largest absolute Gasteiger partial charge is 0.490 e. The molecular formula is C27H22IN3O5. The van der Waals surface area contributed by atoms with Gasteiger partial charge in [0.05, 0.1) is 21.3 Å². The molecule has 0 spiro atoms. The predicted octanol–water partition coefficient (Wildman–Crippen LogP) is 6.09. The maximum Gasteiger partial charge on any atom is 0.282 e. The number of nitrogens with zero attached hydrogens (tertiary/aromatic N) is 2. The van der Waals surface area contributed by atoms with Gasteiger partial charge in [0.1, 0.15) is 12.2 Å². The van der Waals surface area contributed by atoms with Crippen molar-refractivity contribution < 1.29 is 19.2 Å². The average molecular weight is 595 g/mol. The fourth-order valence-corrected chi connectivity index (χ4v) is 4.47. The average Bonchev–Trinajstić information content (AvgIpc) is 2.88. The standard InChI is InChI=1S/C27H22IN3O5/c1-2-35-25-15-18(16-29-30-27(32)22-12-5-6-13-24(22)31(33)34)14-23(28)26(25)36-17-20-10-7-9-19-8-3-4-11-21(19)20/h3-16H,2,17H2,1H3,(H,30,32)/b29-16-. The number of para-hydroxylation sites is 1. The molecule has 4 rings (SSSR count). The minimum absolute atomic E-state index is 0.0681. The summed E-state index contributed by atoms with van der Waals surface area (Å²) in [6.45, 7) is 2.70. The molecule has 1 amide bonds. The van der Waals surface area contributed by atoms with Crippen molar-refractivity contribution in [3.05, 3.63) is 109 Å². The van der Waals surface area contributed by atoms with E-state index in [2.05, 4.69) is 51.3 Å². The topological polar surface area (TPSA) is 103 Å². The number of nitro benzene ring substituents is 1. The lowest BCUT2D eigenvalue weighted by Gasteiger charge is -2.15. The summed E-state index contributed by atoms with van der Waals surface area (Å²) in [6.07, 6.45) is 1.45. The summed E-state index contributed by atoms with van der Waals surface area (Å²) in [6, 6.07) is 23.6. The van der Waals surface area contributed by atoms with Crippen LogP contribution in [-0.2, 0) is 6.61 Å². The number of fused-ring (bicyclic) bond motifs is 1. The molecule has 0 radical (unpaired) electrons. The lowest BCUT2D eigenvalue weighted by atomic mass is 10.1. The minimum Gasteiger partial charge on any atom is -0.490 e. The molecule has 0 bridgehead atoms. The third-order valence-corrected chi connectivity index (χ3v) is 6.11. The first-order chi connectivity index (χ1) is 17.5. The number of rotatable bonds is 9. The van der Waals surface area contributed by atoms with Crippen LogP contribution in [0.15, 0.2) is 84.0 Å². The van der Waals surface area contributed by atoms with E-state index in [0.717, 1.165) is 19.9 Å². The van der Waals surface area contributed by atoms with Gasteiger partial charge in [0.2, 0.25) is 0 Å². The highest BCUT2D eigenvalue weighted by Crippen LogP contribution is 2.35. The number of hydrogen-bond acceptors (Lipinski definition) is 6. The summed E-state index contributed by atoms with van der Waals surface area (Å²) < 4.78 is 12.8. The third-order valence-electron chi connectivity index (χ3n) is 5.31. The van der Waals surface area contributed by atoms with E-state index in [0.29, 0.717) is 30.3 Å². The Hall–Kier alpha value is -3.99. The zero-order chi connectivity index (χ0) is 25.5. The van der Waals surface area contributed by atoms with Crippen molar-refractivity contribution in [2.75, 3.05) is 6.61 Å². The molecule has 0 fully saturated rings. The lowest BCUT2D eigenvalue weighted by Crippen LogP contribution is -2.19. The Balaban J connectivity index is 1.51. The molecule has 0 heterocycles. The first-order valence-electron chi connectivity index (χ1n) is 11.1. The molecule has 4 aromatic carbocycles. The molecule has 0 atom stereocenters. The summed E-state index contributed by atoms with van der Waals surface area (Å²) in [7, 11) is 0. The van der Waals surface area contributed by atoms with E-state index in [1.54, 1.807) is 12.1 Å². The molecule has 4 aromatic rings. The van der Waals surface area contributed by atoms with Gasteiger partial charge in [-0.2, -0.15) is 5.10 Å². The molecule has 9 heteroatoms. The van der Waals surface area contributed by atoms with Crippen LogP contribution in [0.1, 0.15) is 28.4 Å². The molecule has 0 aromatic heterocycles. The lowest BCUT2D eigenvalue weighted by molar-refractivity contribution is -0.385. The number of nitro groups is 1. The van der Waals surface area contributed by atoms with Crippen molar-refractivity contribution in [2.24, 2.45) is 5.10 Å². The fraction of sp³-hybridized carbons (Fsp3) is 0.111. The van der Waals surface area contributed by atoms with Crippen LogP contribution in [0.4, 0.5) is 5.69 Å². The van der Waals surface area contributed by atoms with E-state index in [1.165, 1.54) is 24.4 Å². The number of halogens is 1. The van der Waals surface area contributed by atoms with Gasteiger partial charge in [0.15, 0.2) is 11.5 Å². The van der Waals surface area contributed by atoms with E-state index < -0.39 is 10.8 Å². The fourth-order valence-electron chi connectivity index (χ4n) is 3.68. The van der Waals surface area contributed by atoms with Crippen molar-refractivity contribution in [3.8, 4) is 11.5 Å². The van der Waals surface area contributed by atoms with Gasteiger partial charge in [-0.1, -0.05) is 54.6 Å². The highest BCUT2D eigenvalue weighted by atomic mass is 127. The molecule has 36 heavy (non-hydrogen) atoms. The number of benzene rings is 4. The van der Waals surface area contributed by atoms with Gasteiger partial charge in [-0.3, -0.25) is 14.9 Å². The van der Waals surface area contributed by atoms with E-state index in [1.807, 2.05) is 37.3 Å². The summed E-state index contributed by atoms with van der Waals surface area (Å²) >= 11 is 2.17. The summed E-state index contributed by atoms with van der Waals surface area (Å²) in [5.74, 6) is 0.496. The molecule has 0 aliphatic rings. The Kier molecular flexibility index (Phi) is 8.11. The minimum atomic E-state index is -0.673. The van der Waals surface area contributed by atoms with Crippen LogP contribution < -0.4 is 14.9 Å². The van der Waals surface area contributed by atoms with Gasteiger partial charge < -0.3 is 9.47 Å². The van der Waals surface area contributed by atoms with Crippen molar-refractivity contribution in [1.29, 1.82) is 0 Å². The molecule has 1 N–H and O–H groups in total. The molecule has 0 saturated heterocycles. The van der Waals surface area contributed by atoms with Gasteiger partial charge in [0, 0.05) is 6.07 Å². The zero-order valence-electron chi connectivity index (χ0n) is 19.3. The number of hydrazone groups is 1. The monoisotopic (exact) mass is 595 g/mol. The van der Waals surface area contributed by atoms with Crippen LogP contribution in [0.3, 0.4) is 0 Å². The second-order valence-corrected chi connectivity index (χ2v) is 8.83. The Morgan fingerprint density at radius 3 is 2.61 bits per heavy atom. The molecule has 0 saturated carbocycles. The first-order valence-corrected chi connectivity index (χ1v) is 12.2. The van der Waals surface area contributed by atoms with Crippen LogP contribution in [0.5, 0.6) is 11.5 Å². The van der Waals surface area contributed by atoms with Crippen molar-refractivity contribution in [1.82, 2.24) is 5.43 Å². The molecule has 0 aliphatic heterocycles. The first kappa shape index (κ1) is 25.1. The Morgan fingerprint density at radius 1 is 1.06 bits per heavy atom. The molecule has 8 nitrogen and oxygen atoms in total. The SMILES string of the molecule is CCOc1cc(/C=N\NC(=O)c2ccccc2[N+](=O)[O-])cc(I)c1OCc1cccc2ccccc12. The Bertz CT molecular complexity index is 1450. The van der Waals surface area contributed by atoms with Gasteiger partial charge >= 0.3 is 0 Å². The van der Waals surface area contributed by atoms with Crippen molar-refractivity contribution in [2.45, 2.75) is 13.5 Å². The van der Waals surface area contributed by atoms with Gasteiger partial charge in [0.25, 0.3) is 11.6 Å². The number of hydrogen-bond donors (Lipinski definition) is 1. The van der Waals surface area contributed by atoms with Crippen LogP contribution in [0, 0.1) is 13.7 Å². The van der Waals surface area contributed by atoms with Crippen LogP contribution in [0.25, 0.3) is 10.8 Å². The van der Waals surface area contributed by atoms with E-state index in [9.17, 15) is 14.9 Å². The maximum atomic E-state index is 12.4. The highest BCUT2D eigenvalue weighted by molar-refractivity contribution is 14.1. The quantitative estimate of drug-likeness (QED) is 0.109.